The van der Waals surface area contributed by atoms with Gasteiger partial charge in [0, 0.05) is 0 Å². The molecule has 0 aliphatic carbocycles. The number of furan rings is 1. The Labute approximate surface area is 158 Å². The zero-order valence-corrected chi connectivity index (χ0v) is 15.1. The van der Waals surface area contributed by atoms with E-state index in [1.54, 1.807) is 18.2 Å². The van der Waals surface area contributed by atoms with Gasteiger partial charge in [-0.3, -0.25) is 0 Å². The predicted molar refractivity (Wildman–Crippen MR) is 94.8 cm³/mol. The topological polar surface area (TPSA) is 96.6 Å². The molecule has 1 aliphatic rings. The first-order valence-electron chi connectivity index (χ1n) is 7.65. The van der Waals surface area contributed by atoms with Crippen LogP contribution in [-0.2, 0) is 19.1 Å². The zero-order chi connectivity index (χ0) is 19.4. The first-order chi connectivity index (χ1) is 13.0. The normalized spacial score (nSPS) is 14.7. The molecular formula is C18H14ClNO7. The highest BCUT2D eigenvalue weighted by Crippen LogP contribution is 2.37. The first kappa shape index (κ1) is 18.5. The lowest BCUT2D eigenvalue weighted by molar-refractivity contribution is -0.143. The molecular weight excluding hydrogens is 378 g/mol. The minimum atomic E-state index is -0.623. The van der Waals surface area contributed by atoms with Crippen LogP contribution in [0.5, 0.6) is 11.5 Å². The Hall–Kier alpha value is -3.26. The maximum atomic E-state index is 12.0. The lowest BCUT2D eigenvalue weighted by Crippen LogP contribution is -2.13. The largest absolute Gasteiger partial charge is 0.493 e. The molecule has 140 valence electrons. The molecule has 1 aromatic carbocycles. The molecule has 0 fully saturated rings. The van der Waals surface area contributed by atoms with E-state index < -0.39 is 11.9 Å². The van der Waals surface area contributed by atoms with Crippen LogP contribution < -0.4 is 9.47 Å². The Balaban J connectivity index is 1.89. The molecule has 0 bridgehead atoms. The molecule has 0 N–H and O–H groups in total. The summed E-state index contributed by atoms with van der Waals surface area (Å²) in [5.41, 5.74) is 0.599. The molecule has 1 aromatic heterocycles. The van der Waals surface area contributed by atoms with Crippen LogP contribution in [0.15, 0.2) is 45.6 Å². The maximum absolute atomic E-state index is 12.0. The molecule has 3 rings (SSSR count). The first-order valence-corrected chi connectivity index (χ1v) is 8.03. The fourth-order valence-corrected chi connectivity index (χ4v) is 2.50. The van der Waals surface area contributed by atoms with Crippen molar-refractivity contribution >= 4 is 35.5 Å². The SMILES string of the molecule is COC(=O)COc1c(Cl)cc(/C=C2\N=C(c3ccco3)OC2=O)cc1OC. The Bertz CT molecular complexity index is 931. The summed E-state index contributed by atoms with van der Waals surface area (Å²) >= 11 is 6.22. The third kappa shape index (κ3) is 4.12. The van der Waals surface area contributed by atoms with E-state index >= 15 is 0 Å². The smallest absolute Gasteiger partial charge is 0.363 e. The van der Waals surface area contributed by atoms with Gasteiger partial charge in [-0.15, -0.1) is 0 Å². The number of esters is 2. The minimum Gasteiger partial charge on any atom is -0.493 e. The molecule has 0 amide bonds. The Morgan fingerprint density at radius 2 is 2.15 bits per heavy atom. The van der Waals surface area contributed by atoms with Gasteiger partial charge < -0.3 is 23.4 Å². The summed E-state index contributed by atoms with van der Waals surface area (Å²) < 4.78 is 25.4. The highest BCUT2D eigenvalue weighted by molar-refractivity contribution is 6.32. The highest BCUT2D eigenvalue weighted by atomic mass is 35.5. The van der Waals surface area contributed by atoms with Crippen LogP contribution in [0.4, 0.5) is 0 Å². The van der Waals surface area contributed by atoms with Crippen LogP contribution in [0.3, 0.4) is 0 Å². The van der Waals surface area contributed by atoms with Gasteiger partial charge in [-0.1, -0.05) is 11.6 Å². The molecule has 0 radical (unpaired) electrons. The van der Waals surface area contributed by atoms with Gasteiger partial charge in [-0.2, -0.15) is 0 Å². The average molecular weight is 392 g/mol. The summed E-state index contributed by atoms with van der Waals surface area (Å²) in [6.45, 7) is -0.323. The van der Waals surface area contributed by atoms with Crippen LogP contribution in [-0.4, -0.2) is 38.7 Å². The molecule has 0 saturated heterocycles. The number of cyclic esters (lactones) is 1. The third-order valence-corrected chi connectivity index (χ3v) is 3.75. The molecule has 0 atom stereocenters. The van der Waals surface area contributed by atoms with Crippen LogP contribution in [0.25, 0.3) is 6.08 Å². The summed E-state index contributed by atoms with van der Waals surface area (Å²) in [6.07, 6.45) is 2.93. The number of benzene rings is 1. The van der Waals surface area contributed by atoms with Crippen molar-refractivity contribution in [2.75, 3.05) is 20.8 Å². The second kappa shape index (κ2) is 7.96. The van der Waals surface area contributed by atoms with E-state index in [0.29, 0.717) is 11.3 Å². The Kier molecular flexibility index (Phi) is 5.46. The number of methoxy groups -OCH3 is 2. The molecule has 27 heavy (non-hydrogen) atoms. The van der Waals surface area contributed by atoms with Crippen molar-refractivity contribution in [2.45, 2.75) is 0 Å². The van der Waals surface area contributed by atoms with Gasteiger partial charge >= 0.3 is 11.9 Å². The molecule has 0 unspecified atom stereocenters. The zero-order valence-electron chi connectivity index (χ0n) is 14.4. The van der Waals surface area contributed by atoms with E-state index in [1.807, 2.05) is 0 Å². The van der Waals surface area contributed by atoms with E-state index in [0.717, 1.165) is 0 Å². The summed E-state index contributed by atoms with van der Waals surface area (Å²) in [5, 5.41) is 0.187. The van der Waals surface area contributed by atoms with Crippen molar-refractivity contribution in [2.24, 2.45) is 4.99 Å². The van der Waals surface area contributed by atoms with Crippen molar-refractivity contribution in [1.29, 1.82) is 0 Å². The number of ether oxygens (including phenoxy) is 4. The summed E-state index contributed by atoms with van der Waals surface area (Å²) in [6, 6.07) is 6.41. The summed E-state index contributed by atoms with van der Waals surface area (Å²) in [4.78, 5) is 27.4. The van der Waals surface area contributed by atoms with Gasteiger partial charge in [-0.05, 0) is 35.9 Å². The summed E-state index contributed by atoms with van der Waals surface area (Å²) in [7, 11) is 2.67. The third-order valence-electron chi connectivity index (χ3n) is 3.47. The molecule has 0 saturated carbocycles. The number of carbonyl (C=O) groups is 2. The number of rotatable bonds is 6. The van der Waals surface area contributed by atoms with E-state index in [1.165, 1.54) is 32.6 Å². The molecule has 2 aromatic rings. The monoisotopic (exact) mass is 391 g/mol. The van der Waals surface area contributed by atoms with Gasteiger partial charge in [0.15, 0.2) is 29.6 Å². The molecule has 8 nitrogen and oxygen atoms in total. The molecule has 1 aliphatic heterocycles. The van der Waals surface area contributed by atoms with Gasteiger partial charge in [0.25, 0.3) is 5.90 Å². The van der Waals surface area contributed by atoms with Crippen molar-refractivity contribution in [3.05, 3.63) is 52.6 Å². The van der Waals surface area contributed by atoms with Gasteiger partial charge in [0.1, 0.15) is 0 Å². The number of nitrogens with zero attached hydrogens (tertiary/aromatic N) is 1. The number of aliphatic imine (C=N–C) groups is 1. The average Bonchev–Trinajstić information content (AvgIpc) is 3.30. The number of hydrogen-bond donors (Lipinski definition) is 0. The predicted octanol–water partition coefficient (Wildman–Crippen LogP) is 2.84. The van der Waals surface area contributed by atoms with E-state index in [4.69, 9.17) is 30.2 Å². The van der Waals surface area contributed by atoms with Gasteiger partial charge in [0.2, 0.25) is 0 Å². The quantitative estimate of drug-likeness (QED) is 0.551. The minimum absolute atomic E-state index is 0.0720. The van der Waals surface area contributed by atoms with E-state index in [9.17, 15) is 9.59 Å². The fraction of sp³-hybridized carbons (Fsp3) is 0.167. The standard InChI is InChI=1S/C18H14ClNO7/c1-23-14-8-10(6-11(19)16(14)26-9-15(21)24-2)7-12-18(22)27-17(20-12)13-4-3-5-25-13/h3-8H,9H2,1-2H3/b12-7-. The molecule has 9 heteroatoms. The van der Waals surface area contributed by atoms with Crippen molar-refractivity contribution in [3.63, 3.8) is 0 Å². The Morgan fingerprint density at radius 1 is 1.33 bits per heavy atom. The van der Waals surface area contributed by atoms with Crippen molar-refractivity contribution in [1.82, 2.24) is 0 Å². The maximum Gasteiger partial charge on any atom is 0.363 e. The van der Waals surface area contributed by atoms with E-state index in [2.05, 4.69) is 9.73 Å². The molecule has 2 heterocycles. The Morgan fingerprint density at radius 3 is 2.81 bits per heavy atom. The highest BCUT2D eigenvalue weighted by Gasteiger charge is 2.26. The summed E-state index contributed by atoms with van der Waals surface area (Å²) in [5.74, 6) is -0.308. The second-order valence-corrected chi connectivity index (χ2v) is 5.62. The fourth-order valence-electron chi connectivity index (χ4n) is 2.23. The van der Waals surface area contributed by atoms with Gasteiger partial charge in [0.05, 0.1) is 25.5 Å². The van der Waals surface area contributed by atoms with Crippen LogP contribution in [0.1, 0.15) is 11.3 Å². The van der Waals surface area contributed by atoms with Crippen molar-refractivity contribution < 1.29 is 33.0 Å². The molecule has 0 spiro atoms. The lowest BCUT2D eigenvalue weighted by Gasteiger charge is -2.12. The number of carbonyl (C=O) groups excluding carboxylic acids is 2. The second-order valence-electron chi connectivity index (χ2n) is 5.21. The number of halogens is 1. The van der Waals surface area contributed by atoms with Crippen LogP contribution in [0, 0.1) is 0 Å². The number of hydrogen-bond acceptors (Lipinski definition) is 8. The van der Waals surface area contributed by atoms with Crippen LogP contribution in [0.2, 0.25) is 5.02 Å². The van der Waals surface area contributed by atoms with Crippen molar-refractivity contribution in [3.8, 4) is 11.5 Å². The van der Waals surface area contributed by atoms with Crippen LogP contribution >= 0.6 is 11.6 Å². The lowest BCUT2D eigenvalue weighted by atomic mass is 10.1. The van der Waals surface area contributed by atoms with Gasteiger partial charge in [-0.25, -0.2) is 14.6 Å². The van der Waals surface area contributed by atoms with E-state index in [-0.39, 0.29) is 34.7 Å².